The molecule has 1 aliphatic heterocycles. The zero-order valence-electron chi connectivity index (χ0n) is 10.8. The van der Waals surface area contributed by atoms with Crippen LogP contribution in [0.15, 0.2) is 29.6 Å². The molecule has 0 saturated carbocycles. The maximum Gasteiger partial charge on any atom is 0.273 e. The second-order valence-electron chi connectivity index (χ2n) is 4.59. The van der Waals surface area contributed by atoms with E-state index in [-0.39, 0.29) is 5.91 Å². The lowest BCUT2D eigenvalue weighted by atomic mass is 10.2. The molecule has 0 atom stereocenters. The van der Waals surface area contributed by atoms with Crippen molar-refractivity contribution >= 4 is 28.8 Å². The molecule has 1 aromatic heterocycles. The van der Waals surface area contributed by atoms with Gasteiger partial charge in [-0.05, 0) is 12.1 Å². The molecule has 1 saturated heterocycles. The van der Waals surface area contributed by atoms with Crippen LogP contribution in [0.2, 0.25) is 5.02 Å². The number of carbonyl (C=O) groups is 1. The summed E-state index contributed by atoms with van der Waals surface area (Å²) in [6.45, 7) is 3.17. The highest BCUT2D eigenvalue weighted by atomic mass is 35.5. The highest BCUT2D eigenvalue weighted by Crippen LogP contribution is 2.26. The van der Waals surface area contributed by atoms with Crippen LogP contribution in [0.5, 0.6) is 0 Å². The van der Waals surface area contributed by atoms with Crippen LogP contribution in [-0.2, 0) is 0 Å². The van der Waals surface area contributed by atoms with Crippen LogP contribution in [0.3, 0.4) is 0 Å². The maximum atomic E-state index is 12.3. The molecule has 0 bridgehead atoms. The molecule has 3 rings (SSSR count). The van der Waals surface area contributed by atoms with Crippen molar-refractivity contribution in [2.24, 2.45) is 0 Å². The summed E-state index contributed by atoms with van der Waals surface area (Å²) in [4.78, 5) is 18.6. The summed E-state index contributed by atoms with van der Waals surface area (Å²) in [6, 6.07) is 7.52. The summed E-state index contributed by atoms with van der Waals surface area (Å²) in [5.74, 6) is 0.0102. The summed E-state index contributed by atoms with van der Waals surface area (Å²) < 4.78 is 0. The van der Waals surface area contributed by atoms with E-state index in [0.29, 0.717) is 10.7 Å². The van der Waals surface area contributed by atoms with Crippen LogP contribution in [0.25, 0.3) is 10.6 Å². The van der Waals surface area contributed by atoms with Crippen LogP contribution in [0.1, 0.15) is 10.5 Å². The van der Waals surface area contributed by atoms with Crippen molar-refractivity contribution in [2.45, 2.75) is 0 Å². The third-order valence-electron chi connectivity index (χ3n) is 3.20. The number of rotatable bonds is 2. The first kappa shape index (κ1) is 13.5. The molecule has 0 aliphatic carbocycles. The SMILES string of the molecule is O=C(c1csc(-c2cccc(Cl)c2)n1)N1CCNCC1. The number of halogens is 1. The van der Waals surface area contributed by atoms with Gasteiger partial charge in [-0.2, -0.15) is 0 Å². The van der Waals surface area contributed by atoms with E-state index in [1.807, 2.05) is 34.5 Å². The zero-order chi connectivity index (χ0) is 13.9. The van der Waals surface area contributed by atoms with Crippen LogP contribution < -0.4 is 5.32 Å². The fourth-order valence-corrected chi connectivity index (χ4v) is 3.14. The standard InChI is InChI=1S/C14H14ClN3OS/c15-11-3-1-2-10(8-11)13-17-12(9-20-13)14(19)18-6-4-16-5-7-18/h1-3,8-9,16H,4-7H2. The topological polar surface area (TPSA) is 45.2 Å². The Bertz CT molecular complexity index is 622. The molecule has 1 fully saturated rings. The number of hydrogen-bond donors (Lipinski definition) is 1. The summed E-state index contributed by atoms with van der Waals surface area (Å²) in [6.07, 6.45) is 0. The van der Waals surface area contributed by atoms with Gasteiger partial charge in [0, 0.05) is 42.1 Å². The first-order valence-electron chi connectivity index (χ1n) is 6.45. The number of aromatic nitrogens is 1. The fourth-order valence-electron chi connectivity index (χ4n) is 2.16. The number of nitrogens with one attached hydrogen (secondary N) is 1. The average molecular weight is 308 g/mol. The molecule has 104 valence electrons. The van der Waals surface area contributed by atoms with Gasteiger partial charge in [-0.15, -0.1) is 11.3 Å². The van der Waals surface area contributed by atoms with Crippen molar-refractivity contribution in [2.75, 3.05) is 26.2 Å². The van der Waals surface area contributed by atoms with Gasteiger partial charge in [0.05, 0.1) is 0 Å². The second kappa shape index (κ2) is 5.91. The number of amides is 1. The highest BCUT2D eigenvalue weighted by molar-refractivity contribution is 7.13. The molecule has 0 unspecified atom stereocenters. The predicted molar refractivity (Wildman–Crippen MR) is 81.3 cm³/mol. The monoisotopic (exact) mass is 307 g/mol. The molecule has 0 spiro atoms. The van der Waals surface area contributed by atoms with Gasteiger partial charge < -0.3 is 10.2 Å². The van der Waals surface area contributed by atoms with E-state index < -0.39 is 0 Å². The van der Waals surface area contributed by atoms with E-state index in [4.69, 9.17) is 11.6 Å². The van der Waals surface area contributed by atoms with Crippen molar-refractivity contribution in [3.63, 3.8) is 0 Å². The third kappa shape index (κ3) is 2.85. The molecule has 1 aliphatic rings. The van der Waals surface area contributed by atoms with E-state index in [0.717, 1.165) is 36.8 Å². The number of benzene rings is 1. The molecule has 0 radical (unpaired) electrons. The number of hydrogen-bond acceptors (Lipinski definition) is 4. The van der Waals surface area contributed by atoms with Crippen LogP contribution in [-0.4, -0.2) is 42.0 Å². The second-order valence-corrected chi connectivity index (χ2v) is 5.88. The third-order valence-corrected chi connectivity index (χ3v) is 4.33. The van der Waals surface area contributed by atoms with E-state index in [9.17, 15) is 4.79 Å². The normalized spacial score (nSPS) is 15.3. The van der Waals surface area contributed by atoms with Gasteiger partial charge in [0.2, 0.25) is 0 Å². The molecule has 2 aromatic rings. The van der Waals surface area contributed by atoms with Gasteiger partial charge in [0.25, 0.3) is 5.91 Å². The van der Waals surface area contributed by atoms with Gasteiger partial charge in [-0.25, -0.2) is 4.98 Å². The fraction of sp³-hybridized carbons (Fsp3) is 0.286. The molecule has 4 nitrogen and oxygen atoms in total. The Morgan fingerprint density at radius 3 is 2.90 bits per heavy atom. The summed E-state index contributed by atoms with van der Waals surface area (Å²) in [7, 11) is 0. The Hall–Kier alpha value is -1.43. The van der Waals surface area contributed by atoms with E-state index in [1.165, 1.54) is 11.3 Å². The number of piperazine rings is 1. The first-order valence-corrected chi connectivity index (χ1v) is 7.71. The summed E-state index contributed by atoms with van der Waals surface area (Å²) >= 11 is 7.45. The summed E-state index contributed by atoms with van der Waals surface area (Å²) in [5, 5.41) is 6.55. The van der Waals surface area contributed by atoms with Crippen LogP contribution in [0, 0.1) is 0 Å². The molecule has 1 aromatic carbocycles. The lowest BCUT2D eigenvalue weighted by Crippen LogP contribution is -2.46. The average Bonchev–Trinajstić information content (AvgIpc) is 2.97. The largest absolute Gasteiger partial charge is 0.335 e. The Kier molecular flexibility index (Phi) is 4.00. The molecule has 6 heteroatoms. The van der Waals surface area contributed by atoms with E-state index >= 15 is 0 Å². The Labute approximate surface area is 126 Å². The zero-order valence-corrected chi connectivity index (χ0v) is 12.4. The minimum atomic E-state index is 0.0102. The maximum absolute atomic E-state index is 12.3. The Balaban J connectivity index is 1.81. The minimum absolute atomic E-state index is 0.0102. The quantitative estimate of drug-likeness (QED) is 0.927. The minimum Gasteiger partial charge on any atom is -0.335 e. The van der Waals surface area contributed by atoms with Crippen molar-refractivity contribution in [1.29, 1.82) is 0 Å². The highest BCUT2D eigenvalue weighted by Gasteiger charge is 2.20. The van der Waals surface area contributed by atoms with Gasteiger partial charge in [0.15, 0.2) is 0 Å². The molecule has 20 heavy (non-hydrogen) atoms. The van der Waals surface area contributed by atoms with Gasteiger partial charge >= 0.3 is 0 Å². The lowest BCUT2D eigenvalue weighted by Gasteiger charge is -2.26. The van der Waals surface area contributed by atoms with Crippen molar-refractivity contribution < 1.29 is 4.79 Å². The predicted octanol–water partition coefficient (Wildman–Crippen LogP) is 2.51. The molecular formula is C14H14ClN3OS. The Morgan fingerprint density at radius 1 is 1.35 bits per heavy atom. The van der Waals surface area contributed by atoms with Gasteiger partial charge in [-0.3, -0.25) is 4.79 Å². The summed E-state index contributed by atoms with van der Waals surface area (Å²) in [5.41, 5.74) is 1.47. The number of thiazole rings is 1. The molecule has 1 N–H and O–H groups in total. The molecule has 2 heterocycles. The van der Waals surface area contributed by atoms with Gasteiger partial charge in [-0.1, -0.05) is 23.7 Å². The van der Waals surface area contributed by atoms with Crippen molar-refractivity contribution in [3.05, 3.63) is 40.4 Å². The van der Waals surface area contributed by atoms with Crippen LogP contribution >= 0.6 is 22.9 Å². The van der Waals surface area contributed by atoms with Crippen molar-refractivity contribution in [3.8, 4) is 10.6 Å². The Morgan fingerprint density at radius 2 is 2.15 bits per heavy atom. The number of nitrogens with zero attached hydrogens (tertiary/aromatic N) is 2. The molecular weight excluding hydrogens is 294 g/mol. The lowest BCUT2D eigenvalue weighted by molar-refractivity contribution is 0.0731. The number of carbonyl (C=O) groups excluding carboxylic acids is 1. The van der Waals surface area contributed by atoms with Crippen molar-refractivity contribution in [1.82, 2.24) is 15.2 Å². The van der Waals surface area contributed by atoms with Gasteiger partial charge in [0.1, 0.15) is 10.7 Å². The van der Waals surface area contributed by atoms with E-state index in [1.54, 1.807) is 0 Å². The molecule has 1 amide bonds. The van der Waals surface area contributed by atoms with E-state index in [2.05, 4.69) is 10.3 Å². The van der Waals surface area contributed by atoms with Crippen LogP contribution in [0.4, 0.5) is 0 Å². The smallest absolute Gasteiger partial charge is 0.273 e. The first-order chi connectivity index (χ1) is 9.74.